The lowest BCUT2D eigenvalue weighted by atomic mass is 9.88. The Hall–Kier alpha value is -7.75. The molecule has 1 atom stereocenters. The highest BCUT2D eigenvalue weighted by Gasteiger charge is 2.46. The largest absolute Gasteiger partial charge is 0.437 e. The molecule has 0 saturated heterocycles. The van der Waals surface area contributed by atoms with Crippen molar-refractivity contribution >= 4 is 68.4 Å². The average molecular weight is 1150 g/mol. The van der Waals surface area contributed by atoms with E-state index in [9.17, 15) is 62.8 Å². The van der Waals surface area contributed by atoms with Crippen molar-refractivity contribution < 1.29 is 71.6 Å². The number of aromatic nitrogens is 2. The second-order valence-electron chi connectivity index (χ2n) is 18.3. The molecular formula is C52H48B2F8N8O8S2. The second-order valence-corrected chi connectivity index (χ2v) is 22.2. The van der Waals surface area contributed by atoms with E-state index < -0.39 is 99.1 Å². The molecule has 28 heteroatoms. The molecule has 0 radical (unpaired) electrons. The Bertz CT molecular complexity index is 3720. The molecule has 80 heavy (non-hydrogen) atoms. The number of carbonyl (C=O) groups excluding carboxylic acids is 2. The molecule has 0 aliphatic carbocycles. The average Bonchev–Trinajstić information content (AvgIpc) is 4.07. The minimum absolute atomic E-state index is 0.00418. The van der Waals surface area contributed by atoms with Gasteiger partial charge in [-0.15, -0.1) is 0 Å². The van der Waals surface area contributed by atoms with Crippen LogP contribution in [0.25, 0.3) is 27.9 Å². The monoisotopic (exact) mass is 1150 g/mol. The summed E-state index contributed by atoms with van der Waals surface area (Å²) in [4.78, 5) is 26.3. The first kappa shape index (κ1) is 59.9. The number of halogens is 8. The summed E-state index contributed by atoms with van der Waals surface area (Å²) in [7, 11) is -8.88. The first-order valence-electron chi connectivity index (χ1n) is 23.9. The summed E-state index contributed by atoms with van der Waals surface area (Å²) < 4.78 is 161. The van der Waals surface area contributed by atoms with Crippen LogP contribution in [0.4, 0.5) is 52.2 Å². The lowest BCUT2D eigenvalue weighted by Gasteiger charge is -2.23. The molecule has 6 N–H and O–H groups in total. The van der Waals surface area contributed by atoms with Gasteiger partial charge in [0.25, 0.3) is 5.91 Å². The first-order chi connectivity index (χ1) is 37.5. The number of hydrazone groups is 1. The number of hydrogen-bond acceptors (Lipinski definition) is 13. The fourth-order valence-corrected chi connectivity index (χ4v) is 9.99. The van der Waals surface area contributed by atoms with E-state index in [0.717, 1.165) is 34.3 Å². The quantitative estimate of drug-likeness (QED) is 0.0395. The fraction of sp³-hybridized carbons (Fsp3) is 0.192. The molecule has 0 spiro atoms. The van der Waals surface area contributed by atoms with E-state index in [4.69, 9.17) is 0 Å². The Morgan fingerprint density at radius 2 is 1.10 bits per heavy atom. The van der Waals surface area contributed by atoms with E-state index in [0.29, 0.717) is 17.2 Å². The zero-order valence-corrected chi connectivity index (χ0v) is 44.2. The Morgan fingerprint density at radius 3 is 1.56 bits per heavy atom. The van der Waals surface area contributed by atoms with Gasteiger partial charge in [-0.05, 0) is 96.6 Å². The summed E-state index contributed by atoms with van der Waals surface area (Å²) in [5.74, 6) is -3.80. The van der Waals surface area contributed by atoms with Gasteiger partial charge in [-0.1, -0.05) is 72.8 Å². The van der Waals surface area contributed by atoms with E-state index in [1.54, 1.807) is 36.4 Å². The lowest BCUT2D eigenvalue weighted by Crippen LogP contribution is -2.39. The number of carbonyl (C=O) groups is 2. The first-order valence-corrected chi connectivity index (χ1v) is 27.7. The van der Waals surface area contributed by atoms with Crippen LogP contribution in [0.2, 0.25) is 13.6 Å². The summed E-state index contributed by atoms with van der Waals surface area (Å²) in [6, 6.07) is 30.9. The van der Waals surface area contributed by atoms with E-state index in [-0.39, 0.29) is 67.9 Å². The summed E-state index contributed by atoms with van der Waals surface area (Å²) in [5.41, 5.74) is -1.05. The van der Waals surface area contributed by atoms with Crippen LogP contribution in [-0.2, 0) is 43.7 Å². The van der Waals surface area contributed by atoms with Crippen molar-refractivity contribution in [2.45, 2.75) is 61.3 Å². The van der Waals surface area contributed by atoms with Gasteiger partial charge in [-0.2, -0.15) is 36.5 Å². The van der Waals surface area contributed by atoms with Gasteiger partial charge in [0, 0.05) is 49.2 Å². The van der Waals surface area contributed by atoms with Crippen molar-refractivity contribution in [3.8, 4) is 27.9 Å². The fourth-order valence-electron chi connectivity index (χ4n) is 8.17. The van der Waals surface area contributed by atoms with E-state index >= 15 is 8.78 Å². The van der Waals surface area contributed by atoms with Crippen LogP contribution in [0, 0.1) is 11.6 Å². The Balaban J connectivity index is 0.000000231. The summed E-state index contributed by atoms with van der Waals surface area (Å²) in [6.45, 7) is 3.43. The summed E-state index contributed by atoms with van der Waals surface area (Å²) in [5, 5.41) is 37.2. The van der Waals surface area contributed by atoms with Crippen LogP contribution in [-0.4, -0.2) is 93.0 Å². The Morgan fingerprint density at radius 1 is 0.625 bits per heavy atom. The van der Waals surface area contributed by atoms with Crippen molar-refractivity contribution in [1.82, 2.24) is 20.2 Å². The second kappa shape index (κ2) is 24.3. The van der Waals surface area contributed by atoms with Crippen LogP contribution in [0.5, 0.6) is 0 Å². The van der Waals surface area contributed by atoms with Crippen LogP contribution >= 0.6 is 0 Å². The number of sulfone groups is 2. The number of alkyl halides is 6. The van der Waals surface area contributed by atoms with Gasteiger partial charge in [-0.25, -0.2) is 30.3 Å². The zero-order chi connectivity index (χ0) is 58.5. The Labute approximate surface area is 454 Å². The molecule has 418 valence electrons. The third-order valence-corrected chi connectivity index (χ3v) is 14.3. The normalized spacial score (nSPS) is 13.8. The predicted octanol–water partition coefficient (Wildman–Crippen LogP) is 8.78. The number of nitrogens with zero attached hydrogens (tertiary/aromatic N) is 4. The standard InChI is InChI=1S/C26H25BF4N4O4S.C26H23BF4N4O4S/c2*1-27(37)32-15-16-6-5-7-18(12-16)35-22(14-24(34-35)26(29,30)31)25(36)33-21-11-10-17(13-20(21)28)19-8-3-4-9-23(19)40(2,38)39/h3-13,22,32,37H,14-15H2,1-2H3,(H,33,36);3-14,32,37H,15H2,1-2H3,(H,33,36). The van der Waals surface area contributed by atoms with Crippen LogP contribution in [0.15, 0.2) is 154 Å². The highest BCUT2D eigenvalue weighted by atomic mass is 32.2. The molecule has 1 aromatic heterocycles. The van der Waals surface area contributed by atoms with Gasteiger partial charge in [0.2, 0.25) is 5.91 Å². The molecule has 0 bridgehead atoms. The Kier molecular flexibility index (Phi) is 18.2. The molecule has 7 aromatic rings. The number of benzene rings is 6. The molecule has 8 rings (SSSR count). The number of hydrogen-bond donors (Lipinski definition) is 6. The molecule has 1 aliphatic heterocycles. The van der Waals surface area contributed by atoms with Gasteiger partial charge in [0.05, 0.1) is 32.5 Å². The maximum absolute atomic E-state index is 15.1. The molecule has 1 unspecified atom stereocenters. The summed E-state index contributed by atoms with van der Waals surface area (Å²) in [6.07, 6.45) is -8.34. The van der Waals surface area contributed by atoms with Crippen molar-refractivity contribution in [2.24, 2.45) is 5.10 Å². The minimum Gasteiger partial charge on any atom is -0.437 e. The third-order valence-electron chi connectivity index (χ3n) is 11.9. The molecule has 0 fully saturated rings. The van der Waals surface area contributed by atoms with E-state index in [2.05, 4.69) is 31.3 Å². The minimum atomic E-state index is -4.86. The topological polar surface area (TPSA) is 224 Å². The van der Waals surface area contributed by atoms with Gasteiger partial charge < -0.3 is 31.1 Å². The lowest BCUT2D eigenvalue weighted by molar-refractivity contribution is -0.141. The number of anilines is 3. The molecule has 0 saturated carbocycles. The SMILES string of the molecule is CB(O)NCc1cccc(-n2nc(C(F)(F)F)cc2C(=O)Nc2ccc(-c3ccccc3S(C)(=O)=O)cc2F)c1.CB(O)NCc1cccc(N2N=C(C(F)(F)F)CC2C(=O)Nc2ccc(-c3ccccc3S(C)(=O)=O)cc2F)c1. The van der Waals surface area contributed by atoms with Gasteiger partial charge >= 0.3 is 26.5 Å². The predicted molar refractivity (Wildman–Crippen MR) is 287 cm³/mol. The van der Waals surface area contributed by atoms with Gasteiger partial charge in [0.15, 0.2) is 25.4 Å². The highest BCUT2D eigenvalue weighted by molar-refractivity contribution is 7.91. The summed E-state index contributed by atoms with van der Waals surface area (Å²) >= 11 is 0. The van der Waals surface area contributed by atoms with Crippen LogP contribution in [0.1, 0.15) is 33.7 Å². The third kappa shape index (κ3) is 14.9. The maximum Gasteiger partial charge on any atom is 0.435 e. The number of nitrogens with one attached hydrogen (secondary N) is 4. The van der Waals surface area contributed by atoms with Crippen molar-refractivity contribution in [2.75, 3.05) is 28.2 Å². The van der Waals surface area contributed by atoms with Crippen molar-refractivity contribution in [3.63, 3.8) is 0 Å². The van der Waals surface area contributed by atoms with Gasteiger partial charge in [0.1, 0.15) is 29.1 Å². The highest BCUT2D eigenvalue weighted by Crippen LogP contribution is 2.36. The van der Waals surface area contributed by atoms with Crippen LogP contribution in [0.3, 0.4) is 0 Å². The maximum atomic E-state index is 15.1. The van der Waals surface area contributed by atoms with E-state index in [1.165, 1.54) is 98.6 Å². The van der Waals surface area contributed by atoms with Crippen LogP contribution < -0.4 is 26.1 Å². The number of rotatable bonds is 16. The van der Waals surface area contributed by atoms with Gasteiger partial charge in [-0.3, -0.25) is 14.6 Å². The van der Waals surface area contributed by atoms with E-state index in [1.807, 2.05) is 0 Å². The zero-order valence-electron chi connectivity index (χ0n) is 42.6. The van der Waals surface area contributed by atoms with Crippen molar-refractivity contribution in [3.05, 3.63) is 174 Å². The van der Waals surface area contributed by atoms with Crippen molar-refractivity contribution in [1.29, 1.82) is 0 Å². The molecular weight excluding hydrogens is 1100 g/mol. The molecule has 1 aliphatic rings. The molecule has 2 amide bonds. The molecule has 2 heterocycles. The smallest absolute Gasteiger partial charge is 0.435 e. The molecule has 16 nitrogen and oxygen atoms in total. The number of amides is 2. The molecule has 6 aromatic carbocycles.